The molecule has 0 saturated carbocycles. The summed E-state index contributed by atoms with van der Waals surface area (Å²) in [6.45, 7) is 5.00. The average Bonchev–Trinajstić information content (AvgIpc) is 2.23. The van der Waals surface area contributed by atoms with Gasteiger partial charge in [-0.2, -0.15) is 25.1 Å². The van der Waals surface area contributed by atoms with Crippen LogP contribution in [0.2, 0.25) is 0 Å². The third kappa shape index (κ3) is 24.8. The summed E-state index contributed by atoms with van der Waals surface area (Å²) in [5.41, 5.74) is 0. The number of halogens is 3. The van der Waals surface area contributed by atoms with Crippen LogP contribution in [-0.4, -0.2) is 0 Å². The van der Waals surface area contributed by atoms with Gasteiger partial charge in [-0.25, -0.2) is 12.1 Å². The van der Waals surface area contributed by atoms with E-state index in [1.165, 1.54) is 0 Å². The molecule has 0 aliphatic rings. The molecule has 1 radical (unpaired) electrons. The van der Waals surface area contributed by atoms with Crippen LogP contribution in [0, 0.1) is 6.92 Å². The van der Waals surface area contributed by atoms with E-state index >= 15 is 0 Å². The maximum atomic E-state index is 3.25. The van der Waals surface area contributed by atoms with Crippen LogP contribution >= 0.6 is 0 Å². The molecule has 0 aliphatic carbocycles. The maximum absolute atomic E-state index is 3.25. The SMILES string of the molecule is [CH2-]C.[Cl-].[Cl-].[Cl-].[Ti+3].c1cc[cH-]c1. The van der Waals surface area contributed by atoms with Gasteiger partial charge in [0.2, 0.25) is 0 Å². The molecule has 0 aliphatic heterocycles. The van der Waals surface area contributed by atoms with E-state index in [9.17, 15) is 0 Å². The fraction of sp³-hybridized carbons (Fsp3) is 0.143. The zero-order valence-corrected chi connectivity index (χ0v) is 10.1. The van der Waals surface area contributed by atoms with Gasteiger partial charge in [-0.1, -0.05) is 0 Å². The smallest absolute Gasteiger partial charge is 1.00 e. The van der Waals surface area contributed by atoms with Crippen LogP contribution in [0.5, 0.6) is 0 Å². The molecule has 65 valence electrons. The zero-order chi connectivity index (χ0) is 5.54. The molecule has 0 fully saturated rings. The minimum Gasteiger partial charge on any atom is -1.00 e. The van der Waals surface area contributed by atoms with Crippen molar-refractivity contribution in [2.24, 2.45) is 0 Å². The van der Waals surface area contributed by atoms with Gasteiger partial charge in [-0.05, 0) is 0 Å². The first-order valence-corrected chi connectivity index (χ1v) is 2.37. The van der Waals surface area contributed by atoms with Crippen LogP contribution in [0.3, 0.4) is 0 Å². The molecule has 0 unspecified atom stereocenters. The minimum absolute atomic E-state index is 0. The monoisotopic (exact) mass is 247 g/mol. The van der Waals surface area contributed by atoms with Crippen molar-refractivity contribution in [2.45, 2.75) is 6.92 Å². The summed E-state index contributed by atoms with van der Waals surface area (Å²) in [5, 5.41) is 0. The summed E-state index contributed by atoms with van der Waals surface area (Å²) in [6.07, 6.45) is 0. The Balaban J connectivity index is -0.0000000189. The quantitative estimate of drug-likeness (QED) is 0.316. The van der Waals surface area contributed by atoms with E-state index in [4.69, 9.17) is 0 Å². The van der Waals surface area contributed by atoms with Crippen molar-refractivity contribution in [2.75, 3.05) is 0 Å². The van der Waals surface area contributed by atoms with Crippen LogP contribution in [0.25, 0.3) is 0 Å². The van der Waals surface area contributed by atoms with Crippen molar-refractivity contribution in [1.29, 1.82) is 0 Å². The number of hydrogen-bond donors (Lipinski definition) is 0. The van der Waals surface area contributed by atoms with Gasteiger partial charge in [-0.15, -0.1) is 0 Å². The Hall–Kier alpha value is 0.934. The fourth-order valence-corrected chi connectivity index (χ4v) is 0.321. The molecule has 0 aromatic heterocycles. The molecule has 0 N–H and O–H groups in total. The van der Waals surface area contributed by atoms with Crippen molar-refractivity contribution in [3.63, 3.8) is 0 Å². The third-order valence-electron chi connectivity index (χ3n) is 0.556. The van der Waals surface area contributed by atoms with Gasteiger partial charge in [0.05, 0.1) is 0 Å². The molecule has 1 aromatic carbocycles. The van der Waals surface area contributed by atoms with E-state index < -0.39 is 0 Å². The molecule has 1 aromatic rings. The Kier molecular flexibility index (Phi) is 82.7. The first-order chi connectivity index (χ1) is 3.50. The minimum atomic E-state index is 0. The van der Waals surface area contributed by atoms with Crippen molar-refractivity contribution in [3.05, 3.63) is 37.3 Å². The first kappa shape index (κ1) is 29.7. The summed E-state index contributed by atoms with van der Waals surface area (Å²) >= 11 is 0. The van der Waals surface area contributed by atoms with Crippen LogP contribution in [-0.2, 0) is 21.7 Å². The standard InChI is InChI=1S/C5H5.C2H5.3ClH.Ti/c1-2-4-5-3-1;1-2;;;;/h1-5H;1H2,2H3;3*1H;/q2*-1;;;;+3/p-3. The summed E-state index contributed by atoms with van der Waals surface area (Å²) in [6, 6.07) is 10.0. The van der Waals surface area contributed by atoms with Crippen LogP contribution in [0.4, 0.5) is 0 Å². The van der Waals surface area contributed by atoms with Gasteiger partial charge < -0.3 is 44.1 Å². The second-order valence-electron chi connectivity index (χ2n) is 0.962. The number of hydrogen-bond acceptors (Lipinski definition) is 0. The van der Waals surface area contributed by atoms with Gasteiger partial charge >= 0.3 is 21.7 Å². The first-order valence-electron chi connectivity index (χ1n) is 2.37. The fourth-order valence-electron chi connectivity index (χ4n) is 0.321. The molecule has 1 rings (SSSR count). The van der Waals surface area contributed by atoms with Crippen LogP contribution in [0.15, 0.2) is 30.3 Å². The molecular weight excluding hydrogens is 238 g/mol. The van der Waals surface area contributed by atoms with E-state index in [-0.39, 0.29) is 58.9 Å². The molecule has 0 amide bonds. The predicted octanol–water partition coefficient (Wildman–Crippen LogP) is -6.74. The summed E-state index contributed by atoms with van der Waals surface area (Å²) < 4.78 is 0. The maximum Gasteiger partial charge on any atom is 3.00 e. The van der Waals surface area contributed by atoms with E-state index in [0.717, 1.165) is 0 Å². The second-order valence-corrected chi connectivity index (χ2v) is 0.962. The van der Waals surface area contributed by atoms with E-state index in [1.54, 1.807) is 6.92 Å². The summed E-state index contributed by atoms with van der Waals surface area (Å²) in [7, 11) is 0. The van der Waals surface area contributed by atoms with Gasteiger partial charge in [0.1, 0.15) is 0 Å². The molecule has 0 bridgehead atoms. The van der Waals surface area contributed by atoms with Crippen LogP contribution in [0.1, 0.15) is 6.92 Å². The molecule has 0 nitrogen and oxygen atoms in total. The topological polar surface area (TPSA) is 0 Å². The molecule has 0 saturated heterocycles. The van der Waals surface area contributed by atoms with Crippen molar-refractivity contribution >= 4 is 0 Å². The molecule has 0 atom stereocenters. The van der Waals surface area contributed by atoms with Gasteiger partial charge in [-0.3, -0.25) is 0 Å². The van der Waals surface area contributed by atoms with Gasteiger partial charge in [0.25, 0.3) is 0 Å². The Morgan fingerprint density at radius 2 is 1.18 bits per heavy atom. The van der Waals surface area contributed by atoms with Crippen molar-refractivity contribution in [3.8, 4) is 0 Å². The normalized spacial score (nSPS) is 4.18. The summed E-state index contributed by atoms with van der Waals surface area (Å²) in [4.78, 5) is 0. The predicted molar refractivity (Wildman–Crippen MR) is 33.1 cm³/mol. The Bertz CT molecular complexity index is 70.2. The van der Waals surface area contributed by atoms with E-state index in [2.05, 4.69) is 6.92 Å². The van der Waals surface area contributed by atoms with Crippen LogP contribution < -0.4 is 37.2 Å². The van der Waals surface area contributed by atoms with E-state index in [1.807, 2.05) is 30.3 Å². The molecule has 11 heavy (non-hydrogen) atoms. The van der Waals surface area contributed by atoms with E-state index in [0.29, 0.717) is 0 Å². The van der Waals surface area contributed by atoms with Gasteiger partial charge in [0, 0.05) is 0 Å². The Morgan fingerprint density at radius 3 is 1.27 bits per heavy atom. The van der Waals surface area contributed by atoms with Crippen molar-refractivity contribution in [1.82, 2.24) is 0 Å². The van der Waals surface area contributed by atoms with Gasteiger partial charge in [0.15, 0.2) is 0 Å². The largest absolute Gasteiger partial charge is 3.00 e. The van der Waals surface area contributed by atoms with Crippen molar-refractivity contribution < 1.29 is 58.9 Å². The average molecular weight is 248 g/mol. The zero-order valence-electron chi connectivity index (χ0n) is 6.23. The Morgan fingerprint density at radius 1 is 0.909 bits per heavy atom. The third-order valence-corrected chi connectivity index (χ3v) is 0.556. The second kappa shape index (κ2) is 30.6. The molecule has 0 heterocycles. The summed E-state index contributed by atoms with van der Waals surface area (Å²) in [5.74, 6) is 0. The molecular formula is C7H10Cl3Ti-2. The Labute approximate surface area is 103 Å². The molecule has 4 heteroatoms. The number of rotatable bonds is 0. The molecule has 0 spiro atoms.